The zero-order valence-electron chi connectivity index (χ0n) is 10.6. The zero-order valence-corrected chi connectivity index (χ0v) is 11.3. The number of methoxy groups -OCH3 is 1. The maximum Gasteiger partial charge on any atom is 0.411 e. The fraction of sp³-hybridized carbons (Fsp3) is 0.0769. The van der Waals surface area contributed by atoms with Crippen LogP contribution in [0.4, 0.5) is 16.2 Å². The van der Waals surface area contributed by atoms with E-state index in [9.17, 15) is 9.59 Å². The molecule has 0 fully saturated rings. The minimum atomic E-state index is -0.579. The van der Waals surface area contributed by atoms with Gasteiger partial charge in [0.15, 0.2) is 0 Å². The topological polar surface area (TPSA) is 83.2 Å². The van der Waals surface area contributed by atoms with Crippen LogP contribution in [-0.2, 0) is 4.74 Å². The molecular weight excluding hydrogens is 282 g/mol. The Morgan fingerprint density at radius 3 is 2.50 bits per heavy atom. The second-order valence-corrected chi connectivity index (χ2v) is 4.32. The molecule has 1 aromatic carbocycles. The summed E-state index contributed by atoms with van der Waals surface area (Å²) >= 11 is 5.73. The van der Waals surface area contributed by atoms with E-state index in [1.165, 1.54) is 19.4 Å². The van der Waals surface area contributed by atoms with E-state index in [0.717, 1.165) is 0 Å². The minimum Gasteiger partial charge on any atom is -0.453 e. The molecule has 20 heavy (non-hydrogen) atoms. The van der Waals surface area contributed by atoms with Gasteiger partial charge in [-0.2, -0.15) is 0 Å². The molecule has 2 aromatic rings. The lowest BCUT2D eigenvalue weighted by Gasteiger charge is -2.07. The number of anilines is 2. The van der Waals surface area contributed by atoms with Crippen LogP contribution >= 0.6 is 11.6 Å². The van der Waals surface area contributed by atoms with E-state index in [1.54, 1.807) is 24.3 Å². The third-order valence-electron chi connectivity index (χ3n) is 2.44. The van der Waals surface area contributed by atoms with Crippen LogP contribution in [0.15, 0.2) is 36.5 Å². The van der Waals surface area contributed by atoms with Crippen molar-refractivity contribution in [3.05, 3.63) is 47.2 Å². The van der Waals surface area contributed by atoms with Gasteiger partial charge in [-0.3, -0.25) is 10.1 Å². The van der Waals surface area contributed by atoms with E-state index in [4.69, 9.17) is 11.6 Å². The van der Waals surface area contributed by atoms with Crippen molar-refractivity contribution in [2.75, 3.05) is 17.7 Å². The molecule has 2 amide bonds. The molecule has 0 aliphatic carbocycles. The number of rotatable bonds is 3. The van der Waals surface area contributed by atoms with E-state index in [1.807, 2.05) is 0 Å². The van der Waals surface area contributed by atoms with Gasteiger partial charge < -0.3 is 15.0 Å². The molecule has 2 rings (SSSR count). The highest BCUT2D eigenvalue weighted by molar-refractivity contribution is 6.31. The average Bonchev–Trinajstić information content (AvgIpc) is 2.86. The summed E-state index contributed by atoms with van der Waals surface area (Å²) in [4.78, 5) is 25.8. The lowest BCUT2D eigenvalue weighted by atomic mass is 10.2. The van der Waals surface area contributed by atoms with Gasteiger partial charge in [-0.25, -0.2) is 4.79 Å². The number of aromatic nitrogens is 1. The number of benzene rings is 1. The standard InChI is InChI=1S/C13H12ClN3O3/c1-20-13(19)17-10-4-2-3-9(6-10)16-12(18)11-5-8(14)7-15-11/h2-7,15H,1H3,(H,16,18)(H,17,19). The van der Waals surface area contributed by atoms with Crippen LogP contribution in [0.1, 0.15) is 10.5 Å². The van der Waals surface area contributed by atoms with Crippen LogP contribution in [0.3, 0.4) is 0 Å². The third-order valence-corrected chi connectivity index (χ3v) is 2.66. The molecule has 0 bridgehead atoms. The van der Waals surface area contributed by atoms with E-state index in [-0.39, 0.29) is 5.91 Å². The van der Waals surface area contributed by atoms with Crippen LogP contribution in [0, 0.1) is 0 Å². The number of hydrogen-bond donors (Lipinski definition) is 3. The van der Waals surface area contributed by atoms with Gasteiger partial charge in [0, 0.05) is 17.6 Å². The van der Waals surface area contributed by atoms with Crippen molar-refractivity contribution in [3.8, 4) is 0 Å². The minimum absolute atomic E-state index is 0.327. The molecule has 3 N–H and O–H groups in total. The number of ether oxygens (including phenoxy) is 1. The Kier molecular flexibility index (Phi) is 4.27. The van der Waals surface area contributed by atoms with Crippen molar-refractivity contribution in [1.82, 2.24) is 4.98 Å². The molecule has 0 atom stereocenters. The quantitative estimate of drug-likeness (QED) is 0.813. The zero-order chi connectivity index (χ0) is 14.5. The van der Waals surface area contributed by atoms with Crippen molar-refractivity contribution in [1.29, 1.82) is 0 Å². The number of halogens is 1. The lowest BCUT2D eigenvalue weighted by molar-refractivity contribution is 0.102. The molecule has 104 valence electrons. The van der Waals surface area contributed by atoms with Gasteiger partial charge in [-0.1, -0.05) is 17.7 Å². The highest BCUT2D eigenvalue weighted by Crippen LogP contribution is 2.17. The summed E-state index contributed by atoms with van der Waals surface area (Å²) in [6.07, 6.45) is 0.940. The molecule has 0 radical (unpaired) electrons. The molecule has 0 saturated carbocycles. The van der Waals surface area contributed by atoms with Gasteiger partial charge in [-0.15, -0.1) is 0 Å². The van der Waals surface area contributed by atoms with E-state index in [2.05, 4.69) is 20.4 Å². The maximum absolute atomic E-state index is 11.9. The van der Waals surface area contributed by atoms with Crippen LogP contribution in [0.5, 0.6) is 0 Å². The van der Waals surface area contributed by atoms with Crippen molar-refractivity contribution >= 4 is 35.0 Å². The van der Waals surface area contributed by atoms with Crippen LogP contribution < -0.4 is 10.6 Å². The van der Waals surface area contributed by atoms with Crippen LogP contribution in [0.2, 0.25) is 5.02 Å². The predicted molar refractivity (Wildman–Crippen MR) is 76.2 cm³/mol. The largest absolute Gasteiger partial charge is 0.453 e. The summed E-state index contributed by atoms with van der Waals surface area (Å²) in [6, 6.07) is 8.21. The molecule has 0 aliphatic heterocycles. The first-order chi connectivity index (χ1) is 9.58. The van der Waals surface area contributed by atoms with E-state index >= 15 is 0 Å². The number of H-pyrrole nitrogens is 1. The fourth-order valence-corrected chi connectivity index (χ4v) is 1.70. The summed E-state index contributed by atoms with van der Waals surface area (Å²) in [7, 11) is 1.27. The molecule has 1 heterocycles. The monoisotopic (exact) mass is 293 g/mol. The molecule has 0 unspecified atom stereocenters. The second-order valence-electron chi connectivity index (χ2n) is 3.88. The van der Waals surface area contributed by atoms with Gasteiger partial charge in [0.1, 0.15) is 5.69 Å². The smallest absolute Gasteiger partial charge is 0.411 e. The number of amides is 2. The van der Waals surface area contributed by atoms with Gasteiger partial charge in [0.05, 0.1) is 12.1 Å². The van der Waals surface area contributed by atoms with Crippen molar-refractivity contribution in [2.24, 2.45) is 0 Å². The highest BCUT2D eigenvalue weighted by Gasteiger charge is 2.09. The molecule has 6 nitrogen and oxygen atoms in total. The first-order valence-electron chi connectivity index (χ1n) is 5.69. The number of carbonyl (C=O) groups excluding carboxylic acids is 2. The normalized spacial score (nSPS) is 9.90. The van der Waals surface area contributed by atoms with Gasteiger partial charge in [-0.05, 0) is 24.3 Å². The number of carbonyl (C=O) groups is 2. The van der Waals surface area contributed by atoms with E-state index in [0.29, 0.717) is 22.1 Å². The average molecular weight is 294 g/mol. The molecule has 7 heteroatoms. The summed E-state index contributed by atoms with van der Waals surface area (Å²) in [5, 5.41) is 5.64. The molecule has 0 saturated heterocycles. The Morgan fingerprint density at radius 1 is 1.20 bits per heavy atom. The van der Waals surface area contributed by atoms with Crippen LogP contribution in [0.25, 0.3) is 0 Å². The first kappa shape index (κ1) is 14.0. The summed E-state index contributed by atoms with van der Waals surface area (Å²) in [5.74, 6) is -0.327. The molecular formula is C13H12ClN3O3. The Bertz CT molecular complexity index is 639. The molecule has 0 spiro atoms. The summed E-state index contributed by atoms with van der Waals surface area (Å²) < 4.78 is 4.49. The molecule has 0 aliphatic rings. The predicted octanol–water partition coefficient (Wildman–Crippen LogP) is 3.10. The Balaban J connectivity index is 2.08. The van der Waals surface area contributed by atoms with Gasteiger partial charge >= 0.3 is 6.09 Å². The number of nitrogens with one attached hydrogen (secondary N) is 3. The Hall–Kier alpha value is -2.47. The summed E-state index contributed by atoms with van der Waals surface area (Å²) in [6.45, 7) is 0. The fourth-order valence-electron chi connectivity index (χ4n) is 1.54. The van der Waals surface area contributed by atoms with Crippen molar-refractivity contribution < 1.29 is 14.3 Å². The number of hydrogen-bond acceptors (Lipinski definition) is 3. The SMILES string of the molecule is COC(=O)Nc1cccc(NC(=O)c2cc(Cl)c[nH]2)c1. The first-order valence-corrected chi connectivity index (χ1v) is 6.06. The maximum atomic E-state index is 11.9. The van der Waals surface area contributed by atoms with Crippen molar-refractivity contribution in [3.63, 3.8) is 0 Å². The van der Waals surface area contributed by atoms with Gasteiger partial charge in [0.2, 0.25) is 0 Å². The Morgan fingerprint density at radius 2 is 1.90 bits per heavy atom. The second kappa shape index (κ2) is 6.12. The molecule has 1 aromatic heterocycles. The third kappa shape index (κ3) is 3.52. The van der Waals surface area contributed by atoms with Crippen molar-refractivity contribution in [2.45, 2.75) is 0 Å². The van der Waals surface area contributed by atoms with Gasteiger partial charge in [0.25, 0.3) is 5.91 Å². The lowest BCUT2D eigenvalue weighted by Crippen LogP contribution is -2.13. The Labute approximate surface area is 120 Å². The van der Waals surface area contributed by atoms with Crippen LogP contribution in [-0.4, -0.2) is 24.1 Å². The number of aromatic amines is 1. The summed E-state index contributed by atoms with van der Waals surface area (Å²) in [5.41, 5.74) is 1.40. The highest BCUT2D eigenvalue weighted by atomic mass is 35.5. The van der Waals surface area contributed by atoms with E-state index < -0.39 is 6.09 Å².